The first-order valence-corrected chi connectivity index (χ1v) is 6.57. The molecule has 0 aliphatic rings. The minimum absolute atomic E-state index is 0.569. The smallest absolute Gasteiger partial charge is 0.0249 e. The maximum atomic E-state index is 5.95. The van der Waals surface area contributed by atoms with Crippen LogP contribution in [0, 0.1) is 5.92 Å². The molecule has 15 heavy (non-hydrogen) atoms. The Kier molecular flexibility index (Phi) is 8.07. The summed E-state index contributed by atoms with van der Waals surface area (Å²) in [4.78, 5) is 2.58. The van der Waals surface area contributed by atoms with E-state index in [9.17, 15) is 0 Å². The molecule has 0 saturated carbocycles. The third-order valence-corrected chi connectivity index (χ3v) is 3.41. The number of hydrogen-bond donors (Lipinski definition) is 1. The van der Waals surface area contributed by atoms with Crippen LogP contribution < -0.4 is 5.73 Å². The van der Waals surface area contributed by atoms with Gasteiger partial charge in [-0.15, -0.1) is 0 Å². The van der Waals surface area contributed by atoms with E-state index in [0.29, 0.717) is 12.1 Å². The molecule has 2 N–H and O–H groups in total. The van der Waals surface area contributed by atoms with Crippen LogP contribution in [0.1, 0.15) is 53.9 Å². The van der Waals surface area contributed by atoms with Gasteiger partial charge in [-0.05, 0) is 32.7 Å². The van der Waals surface area contributed by atoms with Crippen molar-refractivity contribution in [3.8, 4) is 0 Å². The highest BCUT2D eigenvalue weighted by Gasteiger charge is 2.25. The van der Waals surface area contributed by atoms with E-state index in [2.05, 4.69) is 39.5 Å². The SMILES string of the molecule is CCCN(C(C)C)C(CN)C(CC)CC. The number of hydrogen-bond acceptors (Lipinski definition) is 2. The lowest BCUT2D eigenvalue weighted by molar-refractivity contribution is 0.106. The van der Waals surface area contributed by atoms with Crippen LogP contribution in [-0.4, -0.2) is 30.1 Å². The maximum Gasteiger partial charge on any atom is 0.0249 e. The number of nitrogens with zero attached hydrogens (tertiary/aromatic N) is 1. The van der Waals surface area contributed by atoms with Crippen molar-refractivity contribution in [1.29, 1.82) is 0 Å². The standard InChI is InChI=1S/C13H30N2/c1-6-9-15(11(4)5)13(10-14)12(7-2)8-3/h11-13H,6-10,14H2,1-5H3. The Morgan fingerprint density at radius 3 is 1.87 bits per heavy atom. The average molecular weight is 214 g/mol. The van der Waals surface area contributed by atoms with Crippen molar-refractivity contribution in [3.05, 3.63) is 0 Å². The third-order valence-electron chi connectivity index (χ3n) is 3.41. The zero-order chi connectivity index (χ0) is 11.8. The van der Waals surface area contributed by atoms with Crippen molar-refractivity contribution in [2.24, 2.45) is 11.7 Å². The van der Waals surface area contributed by atoms with E-state index >= 15 is 0 Å². The van der Waals surface area contributed by atoms with E-state index in [1.807, 2.05) is 0 Å². The molecule has 0 radical (unpaired) electrons. The van der Waals surface area contributed by atoms with Gasteiger partial charge in [0.05, 0.1) is 0 Å². The van der Waals surface area contributed by atoms with Crippen LogP contribution in [0.4, 0.5) is 0 Å². The molecule has 2 nitrogen and oxygen atoms in total. The Hall–Kier alpha value is -0.0800. The van der Waals surface area contributed by atoms with Crippen LogP contribution in [0.2, 0.25) is 0 Å². The molecule has 1 atom stereocenters. The van der Waals surface area contributed by atoms with Crippen molar-refractivity contribution in [2.45, 2.75) is 66.0 Å². The Labute approximate surface area is 96.2 Å². The summed E-state index contributed by atoms with van der Waals surface area (Å²) < 4.78 is 0. The molecule has 0 aliphatic heterocycles. The molecule has 0 aromatic heterocycles. The highest BCUT2D eigenvalue weighted by Crippen LogP contribution is 2.20. The van der Waals surface area contributed by atoms with E-state index in [-0.39, 0.29) is 0 Å². The van der Waals surface area contributed by atoms with Gasteiger partial charge < -0.3 is 5.73 Å². The summed E-state index contributed by atoms with van der Waals surface area (Å²) in [6.07, 6.45) is 3.70. The van der Waals surface area contributed by atoms with E-state index in [1.165, 1.54) is 25.8 Å². The monoisotopic (exact) mass is 214 g/mol. The van der Waals surface area contributed by atoms with Crippen LogP contribution in [0.5, 0.6) is 0 Å². The topological polar surface area (TPSA) is 29.3 Å². The molecule has 0 aromatic rings. The zero-order valence-corrected chi connectivity index (χ0v) is 11.3. The molecule has 92 valence electrons. The van der Waals surface area contributed by atoms with Gasteiger partial charge in [-0.25, -0.2) is 0 Å². The van der Waals surface area contributed by atoms with E-state index in [1.54, 1.807) is 0 Å². The lowest BCUT2D eigenvalue weighted by Gasteiger charge is -2.38. The fourth-order valence-corrected chi connectivity index (χ4v) is 2.50. The zero-order valence-electron chi connectivity index (χ0n) is 11.3. The van der Waals surface area contributed by atoms with Gasteiger partial charge >= 0.3 is 0 Å². The van der Waals surface area contributed by atoms with Gasteiger partial charge in [0, 0.05) is 18.6 Å². The first-order chi connectivity index (χ1) is 7.12. The lowest BCUT2D eigenvalue weighted by Crippen LogP contribution is -2.49. The minimum Gasteiger partial charge on any atom is -0.329 e. The molecule has 0 spiro atoms. The van der Waals surface area contributed by atoms with E-state index < -0.39 is 0 Å². The van der Waals surface area contributed by atoms with Crippen molar-refractivity contribution in [3.63, 3.8) is 0 Å². The maximum absolute atomic E-state index is 5.95. The van der Waals surface area contributed by atoms with Gasteiger partial charge in [-0.2, -0.15) is 0 Å². The summed E-state index contributed by atoms with van der Waals surface area (Å²) in [5, 5.41) is 0. The van der Waals surface area contributed by atoms with Gasteiger partial charge in [-0.1, -0.05) is 33.6 Å². The number of nitrogens with two attached hydrogens (primary N) is 1. The Morgan fingerprint density at radius 1 is 1.07 bits per heavy atom. The van der Waals surface area contributed by atoms with Gasteiger partial charge in [0.1, 0.15) is 0 Å². The number of rotatable bonds is 8. The molecule has 0 rings (SSSR count). The summed E-state index contributed by atoms with van der Waals surface area (Å²) in [6.45, 7) is 13.3. The molecule has 0 fully saturated rings. The van der Waals surface area contributed by atoms with Gasteiger partial charge in [0.25, 0.3) is 0 Å². The molecular weight excluding hydrogens is 184 g/mol. The van der Waals surface area contributed by atoms with E-state index in [0.717, 1.165) is 12.5 Å². The molecule has 0 heterocycles. The first kappa shape index (κ1) is 14.9. The van der Waals surface area contributed by atoms with Crippen molar-refractivity contribution in [2.75, 3.05) is 13.1 Å². The molecule has 0 aromatic carbocycles. The fraction of sp³-hybridized carbons (Fsp3) is 1.00. The summed E-state index contributed by atoms with van der Waals surface area (Å²) in [5.41, 5.74) is 5.95. The predicted octanol–water partition coefficient (Wildman–Crippen LogP) is 2.87. The van der Waals surface area contributed by atoms with Crippen molar-refractivity contribution >= 4 is 0 Å². The Bertz CT molecular complexity index is 141. The summed E-state index contributed by atoms with van der Waals surface area (Å²) in [5.74, 6) is 0.754. The minimum atomic E-state index is 0.569. The fourth-order valence-electron chi connectivity index (χ4n) is 2.50. The summed E-state index contributed by atoms with van der Waals surface area (Å²) >= 11 is 0. The second-order valence-corrected chi connectivity index (χ2v) is 4.71. The third kappa shape index (κ3) is 4.52. The van der Waals surface area contributed by atoms with Gasteiger partial charge in [0.2, 0.25) is 0 Å². The van der Waals surface area contributed by atoms with Crippen molar-refractivity contribution in [1.82, 2.24) is 4.90 Å². The van der Waals surface area contributed by atoms with Gasteiger partial charge in [0.15, 0.2) is 0 Å². The Morgan fingerprint density at radius 2 is 1.60 bits per heavy atom. The summed E-state index contributed by atoms with van der Waals surface area (Å²) in [6, 6.07) is 1.18. The van der Waals surface area contributed by atoms with Crippen LogP contribution in [-0.2, 0) is 0 Å². The largest absolute Gasteiger partial charge is 0.329 e. The molecule has 0 bridgehead atoms. The predicted molar refractivity (Wildman–Crippen MR) is 69.0 cm³/mol. The lowest BCUT2D eigenvalue weighted by atomic mass is 9.92. The van der Waals surface area contributed by atoms with Crippen LogP contribution in [0.15, 0.2) is 0 Å². The van der Waals surface area contributed by atoms with Crippen LogP contribution in [0.3, 0.4) is 0 Å². The van der Waals surface area contributed by atoms with E-state index in [4.69, 9.17) is 5.73 Å². The second kappa shape index (κ2) is 8.12. The Balaban J connectivity index is 4.55. The second-order valence-electron chi connectivity index (χ2n) is 4.71. The molecule has 0 amide bonds. The van der Waals surface area contributed by atoms with Crippen LogP contribution in [0.25, 0.3) is 0 Å². The average Bonchev–Trinajstić information content (AvgIpc) is 2.23. The van der Waals surface area contributed by atoms with Gasteiger partial charge in [-0.3, -0.25) is 4.90 Å². The normalized spacial score (nSPS) is 14.2. The van der Waals surface area contributed by atoms with Crippen molar-refractivity contribution < 1.29 is 0 Å². The highest BCUT2D eigenvalue weighted by atomic mass is 15.2. The molecule has 0 aliphatic carbocycles. The van der Waals surface area contributed by atoms with Crippen LogP contribution >= 0.6 is 0 Å². The first-order valence-electron chi connectivity index (χ1n) is 6.57. The summed E-state index contributed by atoms with van der Waals surface area (Å²) in [7, 11) is 0. The molecule has 2 heteroatoms. The highest BCUT2D eigenvalue weighted by molar-refractivity contribution is 4.81. The quantitative estimate of drug-likeness (QED) is 0.673. The molecule has 1 unspecified atom stereocenters. The molecular formula is C13H30N2. The molecule has 0 saturated heterocycles.